The Morgan fingerprint density at radius 2 is 2.04 bits per heavy atom. The number of hydrogen-bond acceptors (Lipinski definition) is 6. The molecule has 0 saturated heterocycles. The molecule has 0 bridgehead atoms. The molecule has 0 amide bonds. The fourth-order valence-electron chi connectivity index (χ4n) is 2.87. The lowest BCUT2D eigenvalue weighted by atomic mass is 9.85. The summed E-state index contributed by atoms with van der Waals surface area (Å²) in [6.07, 6.45) is 3.34. The van der Waals surface area contributed by atoms with Crippen molar-refractivity contribution < 1.29 is 12.9 Å². The van der Waals surface area contributed by atoms with Crippen LogP contribution in [0.4, 0.5) is 5.69 Å². The van der Waals surface area contributed by atoms with E-state index in [1.807, 2.05) is 26.0 Å². The van der Waals surface area contributed by atoms with E-state index in [1.165, 1.54) is 6.42 Å². The molecule has 2 heterocycles. The molecule has 1 fully saturated rings. The molecule has 1 N–H and O–H groups in total. The number of aromatic nitrogens is 2. The lowest BCUT2D eigenvalue weighted by Gasteiger charge is -2.20. The monoisotopic (exact) mass is 389 g/mol. The summed E-state index contributed by atoms with van der Waals surface area (Å²) in [5, 5.41) is 5.74. The van der Waals surface area contributed by atoms with Crippen LogP contribution in [0.2, 0.25) is 0 Å². The molecule has 0 spiro atoms. The SMILES string of the molecule is Cc1ccc(NS(=O)(=O)c2cc(-c3noc(C4CCC4)n3)cs2)c(C)c1. The standard InChI is InChI=1S/C18H19N3O3S2/c1-11-6-7-15(12(2)8-11)21-26(22,23)16-9-14(10-25-16)17-19-18(24-20-17)13-4-3-5-13/h6-10,13,21H,3-5H2,1-2H3. The minimum Gasteiger partial charge on any atom is -0.339 e. The van der Waals surface area contributed by atoms with E-state index in [-0.39, 0.29) is 4.21 Å². The number of nitrogens with zero attached hydrogens (tertiary/aromatic N) is 2. The highest BCUT2D eigenvalue weighted by molar-refractivity contribution is 7.94. The van der Waals surface area contributed by atoms with Crippen LogP contribution in [0.25, 0.3) is 11.4 Å². The minimum absolute atomic E-state index is 0.225. The van der Waals surface area contributed by atoms with Gasteiger partial charge in [0, 0.05) is 16.9 Å². The van der Waals surface area contributed by atoms with Crippen LogP contribution in [0.1, 0.15) is 42.2 Å². The summed E-state index contributed by atoms with van der Waals surface area (Å²) in [5.41, 5.74) is 3.21. The predicted octanol–water partition coefficient (Wildman–Crippen LogP) is 4.48. The van der Waals surface area contributed by atoms with Crippen LogP contribution in [0.5, 0.6) is 0 Å². The van der Waals surface area contributed by atoms with E-state index in [0.29, 0.717) is 28.9 Å². The van der Waals surface area contributed by atoms with Crippen molar-refractivity contribution >= 4 is 27.0 Å². The number of hydrogen-bond donors (Lipinski definition) is 1. The highest BCUT2D eigenvalue weighted by atomic mass is 32.2. The summed E-state index contributed by atoms with van der Waals surface area (Å²) in [7, 11) is -3.66. The third kappa shape index (κ3) is 3.26. The van der Waals surface area contributed by atoms with E-state index in [0.717, 1.165) is 35.3 Å². The van der Waals surface area contributed by atoms with E-state index in [4.69, 9.17) is 4.52 Å². The number of thiophene rings is 1. The van der Waals surface area contributed by atoms with Crippen molar-refractivity contribution in [2.24, 2.45) is 0 Å². The van der Waals surface area contributed by atoms with Crippen LogP contribution in [0.15, 0.2) is 38.4 Å². The third-order valence-corrected chi connectivity index (χ3v) is 7.43. The molecule has 1 saturated carbocycles. The zero-order chi connectivity index (χ0) is 18.3. The summed E-state index contributed by atoms with van der Waals surface area (Å²) in [5.74, 6) is 1.44. The van der Waals surface area contributed by atoms with Crippen molar-refractivity contribution in [1.29, 1.82) is 0 Å². The first-order valence-electron chi connectivity index (χ1n) is 8.45. The Balaban J connectivity index is 1.57. The van der Waals surface area contributed by atoms with E-state index in [1.54, 1.807) is 17.5 Å². The van der Waals surface area contributed by atoms with Crippen molar-refractivity contribution in [2.45, 2.75) is 43.2 Å². The molecule has 1 aliphatic carbocycles. The lowest BCUT2D eigenvalue weighted by Crippen LogP contribution is -2.12. The third-order valence-electron chi connectivity index (χ3n) is 4.62. The van der Waals surface area contributed by atoms with Gasteiger partial charge in [-0.25, -0.2) is 8.42 Å². The number of nitrogens with one attached hydrogen (secondary N) is 1. The molecular formula is C18H19N3O3S2. The van der Waals surface area contributed by atoms with E-state index >= 15 is 0 Å². The highest BCUT2D eigenvalue weighted by Gasteiger charge is 2.26. The van der Waals surface area contributed by atoms with Gasteiger partial charge in [0.1, 0.15) is 4.21 Å². The summed E-state index contributed by atoms with van der Waals surface area (Å²) < 4.78 is 33.6. The van der Waals surface area contributed by atoms with Gasteiger partial charge in [0.05, 0.1) is 5.69 Å². The van der Waals surface area contributed by atoms with Gasteiger partial charge in [-0.2, -0.15) is 4.98 Å². The summed E-state index contributed by atoms with van der Waals surface area (Å²) in [4.78, 5) is 4.42. The van der Waals surface area contributed by atoms with Crippen LogP contribution in [0.3, 0.4) is 0 Å². The van der Waals surface area contributed by atoms with Gasteiger partial charge in [0.2, 0.25) is 11.7 Å². The molecule has 0 atom stereocenters. The van der Waals surface area contributed by atoms with Gasteiger partial charge in [-0.1, -0.05) is 29.3 Å². The Morgan fingerprint density at radius 3 is 2.73 bits per heavy atom. The van der Waals surface area contributed by atoms with E-state index in [9.17, 15) is 8.42 Å². The smallest absolute Gasteiger partial charge is 0.271 e. The Bertz CT molecular complexity index is 1050. The average Bonchev–Trinajstić information content (AvgIpc) is 3.17. The van der Waals surface area contributed by atoms with Crippen molar-refractivity contribution in [1.82, 2.24) is 10.1 Å². The first kappa shape index (κ1) is 17.2. The molecule has 26 heavy (non-hydrogen) atoms. The van der Waals surface area contributed by atoms with Gasteiger partial charge in [-0.05, 0) is 44.4 Å². The Labute approximate surface area is 156 Å². The molecule has 3 aromatic rings. The zero-order valence-corrected chi connectivity index (χ0v) is 16.2. The molecule has 0 unspecified atom stereocenters. The van der Waals surface area contributed by atoms with Gasteiger partial charge in [-0.15, -0.1) is 11.3 Å². The second-order valence-corrected chi connectivity index (χ2v) is 9.48. The zero-order valence-electron chi connectivity index (χ0n) is 14.5. The molecule has 8 heteroatoms. The number of sulfonamides is 1. The molecule has 1 aromatic carbocycles. The fourth-order valence-corrected chi connectivity index (χ4v) is 5.16. The largest absolute Gasteiger partial charge is 0.339 e. The molecule has 0 aliphatic heterocycles. The number of benzene rings is 1. The molecule has 4 rings (SSSR count). The van der Waals surface area contributed by atoms with Gasteiger partial charge in [0.15, 0.2) is 0 Å². The average molecular weight is 390 g/mol. The van der Waals surface area contributed by atoms with Gasteiger partial charge < -0.3 is 4.52 Å². The van der Waals surface area contributed by atoms with Crippen molar-refractivity contribution in [3.8, 4) is 11.4 Å². The van der Waals surface area contributed by atoms with Gasteiger partial charge >= 0.3 is 0 Å². The second-order valence-electron chi connectivity index (χ2n) is 6.66. The second kappa shape index (κ2) is 6.51. The van der Waals surface area contributed by atoms with E-state index < -0.39 is 10.0 Å². The van der Waals surface area contributed by atoms with Gasteiger partial charge in [-0.3, -0.25) is 4.72 Å². The Morgan fingerprint density at radius 1 is 1.23 bits per heavy atom. The minimum atomic E-state index is -3.66. The molecule has 2 aromatic heterocycles. The number of anilines is 1. The highest BCUT2D eigenvalue weighted by Crippen LogP contribution is 2.36. The number of aryl methyl sites for hydroxylation is 2. The fraction of sp³-hybridized carbons (Fsp3) is 0.333. The van der Waals surface area contributed by atoms with Crippen LogP contribution in [0, 0.1) is 13.8 Å². The predicted molar refractivity (Wildman–Crippen MR) is 101 cm³/mol. The Hall–Kier alpha value is -2.19. The quantitative estimate of drug-likeness (QED) is 0.695. The summed E-state index contributed by atoms with van der Waals surface area (Å²) in [6.45, 7) is 3.85. The molecule has 0 radical (unpaired) electrons. The molecule has 1 aliphatic rings. The maximum atomic E-state index is 12.7. The van der Waals surface area contributed by atoms with Gasteiger partial charge in [0.25, 0.3) is 10.0 Å². The summed E-state index contributed by atoms with van der Waals surface area (Å²) >= 11 is 1.14. The first-order chi connectivity index (χ1) is 12.4. The number of rotatable bonds is 5. The normalized spacial score (nSPS) is 15.0. The van der Waals surface area contributed by atoms with Crippen LogP contribution in [-0.2, 0) is 10.0 Å². The topological polar surface area (TPSA) is 85.1 Å². The van der Waals surface area contributed by atoms with Crippen molar-refractivity contribution in [2.75, 3.05) is 4.72 Å². The first-order valence-corrected chi connectivity index (χ1v) is 10.8. The molecular weight excluding hydrogens is 370 g/mol. The van der Waals surface area contributed by atoms with Crippen LogP contribution in [-0.4, -0.2) is 18.6 Å². The van der Waals surface area contributed by atoms with Crippen molar-refractivity contribution in [3.05, 3.63) is 46.7 Å². The van der Waals surface area contributed by atoms with E-state index in [2.05, 4.69) is 14.9 Å². The maximum absolute atomic E-state index is 12.7. The maximum Gasteiger partial charge on any atom is 0.271 e. The molecule has 136 valence electrons. The lowest BCUT2D eigenvalue weighted by molar-refractivity contribution is 0.292. The molecule has 6 nitrogen and oxygen atoms in total. The van der Waals surface area contributed by atoms with Crippen molar-refractivity contribution in [3.63, 3.8) is 0 Å². The summed E-state index contributed by atoms with van der Waals surface area (Å²) in [6, 6.07) is 7.19. The Kier molecular flexibility index (Phi) is 4.32. The van der Waals surface area contributed by atoms with Crippen LogP contribution < -0.4 is 4.72 Å². The van der Waals surface area contributed by atoms with Crippen LogP contribution >= 0.6 is 11.3 Å².